The van der Waals surface area contributed by atoms with Crippen molar-refractivity contribution in [2.24, 2.45) is 10.8 Å². The van der Waals surface area contributed by atoms with Crippen molar-refractivity contribution in [3.63, 3.8) is 0 Å². The lowest BCUT2D eigenvalue weighted by atomic mass is 10.0. The molecule has 1 aromatic heterocycles. The third-order valence-corrected chi connectivity index (χ3v) is 5.08. The minimum atomic E-state index is -0.833. The number of carboxylic acids is 1. The zero-order valence-electron chi connectivity index (χ0n) is 22.7. The van der Waals surface area contributed by atoms with Gasteiger partial charge < -0.3 is 26.2 Å². The highest BCUT2D eigenvalue weighted by atomic mass is 16.5. The second kappa shape index (κ2) is 15.9. The lowest BCUT2D eigenvalue weighted by molar-refractivity contribution is -0.134. The largest absolute Gasteiger partial charge is 0.494 e. The number of carboxylic acid groups (broad SMARTS) is 1. The number of amides is 1. The molecule has 0 bridgehead atoms. The molecule has 1 amide bonds. The molecular weight excluding hydrogens is 512 g/mol. The number of hydrazone groups is 1. The second-order valence-electron chi connectivity index (χ2n) is 8.30. The van der Waals surface area contributed by atoms with Gasteiger partial charge in [0.15, 0.2) is 5.84 Å². The number of nitrogens with two attached hydrogens (primary N) is 1. The van der Waals surface area contributed by atoms with Gasteiger partial charge in [-0.05, 0) is 66.1 Å². The molecule has 0 fully saturated rings. The predicted octanol–water partition coefficient (Wildman–Crippen LogP) is 3.63. The van der Waals surface area contributed by atoms with E-state index in [1.807, 2.05) is 25.1 Å². The molecule has 0 saturated heterocycles. The Morgan fingerprint density at radius 1 is 1.25 bits per heavy atom. The van der Waals surface area contributed by atoms with E-state index < -0.39 is 12.0 Å². The van der Waals surface area contributed by atoms with Gasteiger partial charge in [0.1, 0.15) is 17.6 Å². The fourth-order valence-electron chi connectivity index (χ4n) is 3.35. The van der Waals surface area contributed by atoms with Crippen molar-refractivity contribution in [3.8, 4) is 5.75 Å². The van der Waals surface area contributed by atoms with Gasteiger partial charge in [-0.3, -0.25) is 15.0 Å². The maximum absolute atomic E-state index is 11.6. The van der Waals surface area contributed by atoms with Crippen molar-refractivity contribution in [1.82, 2.24) is 15.3 Å². The predicted molar refractivity (Wildman–Crippen MR) is 157 cm³/mol. The maximum atomic E-state index is 11.6. The first-order valence-electron chi connectivity index (χ1n) is 12.3. The van der Waals surface area contributed by atoms with Crippen LogP contribution in [0.5, 0.6) is 5.75 Å². The van der Waals surface area contributed by atoms with E-state index in [1.54, 1.807) is 55.8 Å². The summed E-state index contributed by atoms with van der Waals surface area (Å²) < 4.78 is 5.90. The first-order valence-corrected chi connectivity index (χ1v) is 12.3. The molecule has 210 valence electrons. The van der Waals surface area contributed by atoms with Crippen LogP contribution in [0.15, 0.2) is 72.6 Å². The van der Waals surface area contributed by atoms with Crippen LogP contribution in [0.2, 0.25) is 0 Å². The normalized spacial score (nSPS) is 11.2. The van der Waals surface area contributed by atoms with Crippen LogP contribution in [0.4, 0.5) is 11.6 Å². The van der Waals surface area contributed by atoms with Gasteiger partial charge in [0.05, 0.1) is 6.61 Å². The van der Waals surface area contributed by atoms with E-state index in [2.05, 4.69) is 32.3 Å². The van der Waals surface area contributed by atoms with Crippen molar-refractivity contribution in [2.75, 3.05) is 24.0 Å². The van der Waals surface area contributed by atoms with E-state index in [0.29, 0.717) is 36.1 Å². The number of amidine groups is 2. The summed E-state index contributed by atoms with van der Waals surface area (Å²) in [7, 11) is 1.69. The number of nitrogens with zero attached hydrogens (tertiary/aromatic N) is 4. The lowest BCUT2D eigenvalue weighted by Crippen LogP contribution is -2.35. The molecule has 6 N–H and O–H groups in total. The van der Waals surface area contributed by atoms with Crippen molar-refractivity contribution in [2.45, 2.75) is 26.3 Å². The molecule has 3 aromatic rings. The van der Waals surface area contributed by atoms with Crippen LogP contribution in [0.1, 0.15) is 43.0 Å². The van der Waals surface area contributed by atoms with Crippen LogP contribution >= 0.6 is 0 Å². The number of ether oxygens (including phenoxy) is 1. The summed E-state index contributed by atoms with van der Waals surface area (Å²) in [5.74, 6) is 0.481. The van der Waals surface area contributed by atoms with Crippen LogP contribution in [0.3, 0.4) is 0 Å². The van der Waals surface area contributed by atoms with E-state index in [1.165, 1.54) is 5.01 Å². The minimum absolute atomic E-state index is 0.0242. The molecule has 0 saturated carbocycles. The molecule has 0 spiro atoms. The average Bonchev–Trinajstić information content (AvgIpc) is 2.94. The summed E-state index contributed by atoms with van der Waals surface area (Å²) in [5.41, 5.74) is 8.55. The van der Waals surface area contributed by atoms with Crippen LogP contribution in [-0.2, 0) is 9.59 Å². The zero-order valence-corrected chi connectivity index (χ0v) is 22.7. The molecule has 12 nitrogen and oxygen atoms in total. The van der Waals surface area contributed by atoms with Crippen LogP contribution in [0, 0.1) is 5.41 Å². The molecule has 12 heteroatoms. The fraction of sp³-hybridized carbons (Fsp3) is 0.214. The fourth-order valence-corrected chi connectivity index (χ4v) is 3.35. The number of hydrogen-bond donors (Lipinski definition) is 5. The van der Waals surface area contributed by atoms with Gasteiger partial charge in [-0.15, -0.1) is 0 Å². The molecule has 0 aliphatic carbocycles. The maximum Gasteiger partial charge on any atom is 0.300 e. The number of aliphatic carboxylic acids is 1. The summed E-state index contributed by atoms with van der Waals surface area (Å²) in [4.78, 5) is 29.1. The van der Waals surface area contributed by atoms with E-state index in [4.69, 9.17) is 25.8 Å². The Labute approximate surface area is 233 Å². The Morgan fingerprint density at radius 2 is 1.90 bits per heavy atom. The lowest BCUT2D eigenvalue weighted by Gasteiger charge is -2.24. The number of benzene rings is 2. The van der Waals surface area contributed by atoms with Crippen LogP contribution in [0.25, 0.3) is 6.08 Å². The molecular formula is C28H34N8O4. The third-order valence-electron chi connectivity index (χ3n) is 5.08. The van der Waals surface area contributed by atoms with Crippen LogP contribution in [-0.4, -0.2) is 52.8 Å². The molecule has 1 atom stereocenters. The smallest absolute Gasteiger partial charge is 0.300 e. The summed E-state index contributed by atoms with van der Waals surface area (Å²) >= 11 is 0. The van der Waals surface area contributed by atoms with E-state index in [0.717, 1.165) is 30.2 Å². The number of nitrogens with one attached hydrogen (secondary N) is 3. The second-order valence-corrected chi connectivity index (χ2v) is 8.30. The Balaban J connectivity index is 0.00000131. The number of rotatable bonds is 12. The van der Waals surface area contributed by atoms with Crippen molar-refractivity contribution in [1.29, 1.82) is 5.41 Å². The number of aromatic nitrogens is 2. The van der Waals surface area contributed by atoms with E-state index in [-0.39, 0.29) is 5.84 Å². The summed E-state index contributed by atoms with van der Waals surface area (Å²) in [5, 5.41) is 27.3. The van der Waals surface area contributed by atoms with Gasteiger partial charge >= 0.3 is 0 Å². The zero-order chi connectivity index (χ0) is 29.5. The number of carbonyl (C=O) groups is 2. The molecule has 0 aliphatic rings. The average molecular weight is 547 g/mol. The van der Waals surface area contributed by atoms with E-state index in [9.17, 15) is 4.79 Å². The Hall–Kier alpha value is -5.26. The molecule has 1 unspecified atom stereocenters. The van der Waals surface area contributed by atoms with Crippen LogP contribution < -0.4 is 26.1 Å². The molecule has 3 rings (SSSR count). The quantitative estimate of drug-likeness (QED) is 0.0981. The minimum Gasteiger partial charge on any atom is -0.494 e. The summed E-state index contributed by atoms with van der Waals surface area (Å²) in [6, 6.07) is 13.9. The number of hydrogen-bond acceptors (Lipinski definition) is 9. The van der Waals surface area contributed by atoms with Gasteiger partial charge in [-0.25, -0.2) is 15.0 Å². The third kappa shape index (κ3) is 9.89. The van der Waals surface area contributed by atoms with Gasteiger partial charge in [-0.2, -0.15) is 5.10 Å². The topological polar surface area (TPSA) is 179 Å². The first kappa shape index (κ1) is 31.0. The Morgan fingerprint density at radius 3 is 2.45 bits per heavy atom. The summed E-state index contributed by atoms with van der Waals surface area (Å²) in [6.07, 6.45) is 6.38. The Kier molecular flexibility index (Phi) is 12.3. The summed E-state index contributed by atoms with van der Waals surface area (Å²) in [6.45, 7) is 7.58. The number of anilines is 2. The van der Waals surface area contributed by atoms with Crippen molar-refractivity contribution in [3.05, 3.63) is 84.2 Å². The van der Waals surface area contributed by atoms with Gasteiger partial charge in [0, 0.05) is 37.6 Å². The Bertz CT molecular complexity index is 1310. The van der Waals surface area contributed by atoms with Crippen molar-refractivity contribution >= 4 is 41.8 Å². The van der Waals surface area contributed by atoms with Gasteiger partial charge in [0.2, 0.25) is 12.4 Å². The molecule has 40 heavy (non-hydrogen) atoms. The first-order chi connectivity index (χ1) is 19.2. The number of nitrogen functional groups attached to an aromatic ring is 1. The molecule has 1 heterocycles. The monoisotopic (exact) mass is 546 g/mol. The number of carbonyl (C=O) groups excluding carboxylic acids is 1. The highest BCUT2D eigenvalue weighted by molar-refractivity contribution is 5.98. The molecule has 0 aliphatic heterocycles. The highest BCUT2D eigenvalue weighted by Gasteiger charge is 2.22. The van der Waals surface area contributed by atoms with Crippen molar-refractivity contribution < 1.29 is 19.4 Å². The molecule has 2 aromatic carbocycles. The highest BCUT2D eigenvalue weighted by Crippen LogP contribution is 2.27. The molecule has 0 radical (unpaired) electrons. The SMILES string of the molecule is C=Cc1cc(OCCC)cc(C(Nc2ccc(C(=N)N)cc2)/C(=N/N(C)c2ncccn2)NC=O)c1.CC(=O)O. The van der Waals surface area contributed by atoms with E-state index >= 15 is 0 Å². The van der Waals surface area contributed by atoms with Gasteiger partial charge in [0.25, 0.3) is 5.97 Å². The standard InChI is InChI=1S/C26H30N8O2.C2H4O2/c1-4-13-36-22-15-18(5-2)14-20(16-22)23(32-21-9-7-19(8-10-21)24(27)28)25(31-17-35)33-34(3)26-29-11-6-12-30-26;1-2(3)4/h5-12,14-17,23,32H,2,4,13H2,1,3H3,(H3,27,28)(H,31,33,35);1H3,(H,3,4). The van der Waals surface area contributed by atoms with Gasteiger partial charge in [-0.1, -0.05) is 19.6 Å².